The molecule has 134 valence electrons. The number of carbonyl (C=O) groups is 2. The van der Waals surface area contributed by atoms with Gasteiger partial charge in [0.25, 0.3) is 5.78 Å². The molecule has 0 unspecified atom stereocenters. The number of alkyl halides is 3. The molecule has 1 heterocycles. The fourth-order valence-corrected chi connectivity index (χ4v) is 2.88. The zero-order valence-corrected chi connectivity index (χ0v) is 13.7. The molecule has 0 aliphatic carbocycles. The Morgan fingerprint density at radius 1 is 1.04 bits per heavy atom. The lowest BCUT2D eigenvalue weighted by Gasteiger charge is -2.08. The summed E-state index contributed by atoms with van der Waals surface area (Å²) in [5.41, 5.74) is 1.28. The number of hydrogen-bond acceptors (Lipinski definition) is 2. The largest absolute Gasteiger partial charge is 0.475 e. The highest BCUT2D eigenvalue weighted by atomic mass is 19.4. The minimum absolute atomic E-state index is 0.0910. The monoisotopic (exact) mass is 361 g/mol. The number of benzene rings is 2. The van der Waals surface area contributed by atoms with Crippen LogP contribution in [0.1, 0.15) is 22.8 Å². The van der Waals surface area contributed by atoms with Crippen LogP contribution >= 0.6 is 0 Å². The van der Waals surface area contributed by atoms with Gasteiger partial charge in [-0.2, -0.15) is 13.2 Å². The molecule has 0 atom stereocenters. The van der Waals surface area contributed by atoms with Gasteiger partial charge in [0.1, 0.15) is 0 Å². The standard InChI is InChI=1S/C19H14F3NO3/c1-2-23-10-15(17(24)18(25)26)14-8-5-12(9-16(14)23)11-3-6-13(7-4-11)19(20,21)22/h3-10H,2H2,1H3,(H,25,26). The summed E-state index contributed by atoms with van der Waals surface area (Å²) in [6, 6.07) is 9.79. The zero-order valence-electron chi connectivity index (χ0n) is 13.7. The Bertz CT molecular complexity index is 1000. The summed E-state index contributed by atoms with van der Waals surface area (Å²) in [5.74, 6) is -2.53. The van der Waals surface area contributed by atoms with Crippen molar-refractivity contribution in [2.75, 3.05) is 0 Å². The maximum atomic E-state index is 12.7. The number of ketones is 1. The maximum Gasteiger partial charge on any atom is 0.416 e. The van der Waals surface area contributed by atoms with Gasteiger partial charge in [0.2, 0.25) is 0 Å². The van der Waals surface area contributed by atoms with Crippen molar-refractivity contribution >= 4 is 22.7 Å². The van der Waals surface area contributed by atoms with Crippen molar-refractivity contribution in [3.63, 3.8) is 0 Å². The van der Waals surface area contributed by atoms with Crippen molar-refractivity contribution in [3.8, 4) is 11.1 Å². The molecule has 3 rings (SSSR count). The molecule has 2 aromatic carbocycles. The van der Waals surface area contributed by atoms with Crippen molar-refractivity contribution in [1.29, 1.82) is 0 Å². The van der Waals surface area contributed by atoms with Gasteiger partial charge < -0.3 is 9.67 Å². The van der Waals surface area contributed by atoms with Crippen LogP contribution in [0.25, 0.3) is 22.0 Å². The number of nitrogens with zero attached hydrogens (tertiary/aromatic N) is 1. The number of rotatable bonds is 4. The quantitative estimate of drug-likeness (QED) is 0.545. The number of aliphatic carboxylic acids is 1. The molecule has 3 aromatic rings. The molecule has 0 amide bonds. The van der Waals surface area contributed by atoms with E-state index < -0.39 is 23.5 Å². The molecule has 0 aliphatic rings. The van der Waals surface area contributed by atoms with E-state index in [1.54, 1.807) is 22.8 Å². The first-order valence-corrected chi connectivity index (χ1v) is 7.80. The molecule has 0 fully saturated rings. The van der Waals surface area contributed by atoms with Crippen LogP contribution < -0.4 is 0 Å². The van der Waals surface area contributed by atoms with Gasteiger partial charge in [-0.15, -0.1) is 0 Å². The average molecular weight is 361 g/mol. The van der Waals surface area contributed by atoms with Crippen LogP contribution in [0, 0.1) is 0 Å². The van der Waals surface area contributed by atoms with E-state index in [0.717, 1.165) is 12.1 Å². The molecular weight excluding hydrogens is 347 g/mol. The molecule has 26 heavy (non-hydrogen) atoms. The topological polar surface area (TPSA) is 59.3 Å². The van der Waals surface area contributed by atoms with Gasteiger partial charge in [-0.05, 0) is 36.2 Å². The number of carboxylic acids is 1. The molecule has 1 N–H and O–H groups in total. The SMILES string of the molecule is CCn1cc(C(=O)C(=O)O)c2ccc(-c3ccc(C(F)(F)F)cc3)cc21. The summed E-state index contributed by atoms with van der Waals surface area (Å²) in [6.07, 6.45) is -2.91. The normalized spacial score (nSPS) is 11.7. The number of hydrogen-bond donors (Lipinski definition) is 1. The van der Waals surface area contributed by atoms with Crippen molar-refractivity contribution < 1.29 is 27.9 Å². The highest BCUT2D eigenvalue weighted by Gasteiger charge is 2.30. The van der Waals surface area contributed by atoms with E-state index in [0.29, 0.717) is 28.6 Å². The number of aromatic nitrogens is 1. The summed E-state index contributed by atoms with van der Waals surface area (Å²) in [5, 5.41) is 9.45. The highest BCUT2D eigenvalue weighted by molar-refractivity contribution is 6.42. The lowest BCUT2D eigenvalue weighted by Crippen LogP contribution is -2.12. The van der Waals surface area contributed by atoms with E-state index in [2.05, 4.69) is 0 Å². The Morgan fingerprint density at radius 3 is 2.19 bits per heavy atom. The fourth-order valence-electron chi connectivity index (χ4n) is 2.88. The van der Waals surface area contributed by atoms with Gasteiger partial charge in [0.15, 0.2) is 0 Å². The van der Waals surface area contributed by atoms with Gasteiger partial charge in [0, 0.05) is 23.6 Å². The van der Waals surface area contributed by atoms with Crippen LogP contribution in [0.4, 0.5) is 13.2 Å². The smallest absolute Gasteiger partial charge is 0.416 e. The first kappa shape index (κ1) is 17.7. The fraction of sp³-hybridized carbons (Fsp3) is 0.158. The number of carbonyl (C=O) groups excluding carboxylic acids is 1. The number of carboxylic acid groups (broad SMARTS) is 1. The number of aryl methyl sites for hydroxylation is 1. The highest BCUT2D eigenvalue weighted by Crippen LogP contribution is 2.32. The molecule has 0 saturated heterocycles. The van der Waals surface area contributed by atoms with E-state index in [1.807, 2.05) is 6.92 Å². The summed E-state index contributed by atoms with van der Waals surface area (Å²) >= 11 is 0. The molecule has 0 bridgehead atoms. The molecular formula is C19H14F3NO3. The third-order valence-electron chi connectivity index (χ3n) is 4.21. The Hall–Kier alpha value is -3.09. The first-order chi connectivity index (χ1) is 12.2. The van der Waals surface area contributed by atoms with E-state index in [-0.39, 0.29) is 5.56 Å². The van der Waals surface area contributed by atoms with Crippen LogP contribution in [0.3, 0.4) is 0 Å². The molecule has 1 aromatic heterocycles. The van der Waals surface area contributed by atoms with Crippen LogP contribution in [0.2, 0.25) is 0 Å². The Morgan fingerprint density at radius 2 is 1.65 bits per heavy atom. The van der Waals surface area contributed by atoms with E-state index in [4.69, 9.17) is 5.11 Å². The third-order valence-corrected chi connectivity index (χ3v) is 4.21. The predicted octanol–water partition coefficient (Wildman–Crippen LogP) is 4.61. The van der Waals surface area contributed by atoms with Crippen LogP contribution in [-0.2, 0) is 17.5 Å². The van der Waals surface area contributed by atoms with Crippen LogP contribution in [0.15, 0.2) is 48.7 Å². The summed E-state index contributed by atoms with van der Waals surface area (Å²) < 4.78 is 39.8. The molecule has 0 saturated carbocycles. The van der Waals surface area contributed by atoms with Crippen LogP contribution in [-0.4, -0.2) is 21.4 Å². The van der Waals surface area contributed by atoms with Crippen molar-refractivity contribution in [2.45, 2.75) is 19.6 Å². The lowest BCUT2D eigenvalue weighted by atomic mass is 10.0. The van der Waals surface area contributed by atoms with Gasteiger partial charge in [-0.25, -0.2) is 4.79 Å². The Kier molecular flexibility index (Phi) is 4.31. The van der Waals surface area contributed by atoms with Crippen LogP contribution in [0.5, 0.6) is 0 Å². The van der Waals surface area contributed by atoms with Crippen molar-refractivity contribution in [3.05, 3.63) is 59.8 Å². The Balaban J connectivity index is 2.09. The molecule has 0 radical (unpaired) electrons. The second-order valence-electron chi connectivity index (χ2n) is 5.77. The maximum absolute atomic E-state index is 12.7. The van der Waals surface area contributed by atoms with E-state index in [9.17, 15) is 22.8 Å². The number of fused-ring (bicyclic) bond motifs is 1. The molecule has 7 heteroatoms. The van der Waals surface area contributed by atoms with Gasteiger partial charge in [0.05, 0.1) is 11.1 Å². The first-order valence-electron chi connectivity index (χ1n) is 7.80. The van der Waals surface area contributed by atoms with Crippen molar-refractivity contribution in [1.82, 2.24) is 4.57 Å². The molecule has 4 nitrogen and oxygen atoms in total. The Labute approximate surface area is 146 Å². The average Bonchev–Trinajstić information content (AvgIpc) is 2.98. The van der Waals surface area contributed by atoms with Gasteiger partial charge >= 0.3 is 12.1 Å². The van der Waals surface area contributed by atoms with E-state index in [1.165, 1.54) is 18.3 Å². The third kappa shape index (κ3) is 3.08. The summed E-state index contributed by atoms with van der Waals surface area (Å²) in [7, 11) is 0. The van der Waals surface area contributed by atoms with Crippen molar-refractivity contribution in [2.24, 2.45) is 0 Å². The second-order valence-corrected chi connectivity index (χ2v) is 5.77. The summed E-state index contributed by atoms with van der Waals surface area (Å²) in [6.45, 7) is 2.36. The molecule has 0 spiro atoms. The zero-order chi connectivity index (χ0) is 19.1. The minimum Gasteiger partial charge on any atom is -0.475 e. The number of halogens is 3. The predicted molar refractivity (Wildman–Crippen MR) is 90.0 cm³/mol. The minimum atomic E-state index is -4.40. The van der Waals surface area contributed by atoms with Gasteiger partial charge in [-0.3, -0.25) is 4.79 Å². The molecule has 0 aliphatic heterocycles. The van der Waals surface area contributed by atoms with Gasteiger partial charge in [-0.1, -0.05) is 24.3 Å². The lowest BCUT2D eigenvalue weighted by molar-refractivity contribution is -0.137. The summed E-state index contributed by atoms with van der Waals surface area (Å²) in [4.78, 5) is 22.8. The van der Waals surface area contributed by atoms with E-state index >= 15 is 0 Å². The number of Topliss-reactive ketones (excluding diaryl/α,β-unsaturated/α-hetero) is 1. The second kappa shape index (κ2) is 6.33.